The summed E-state index contributed by atoms with van der Waals surface area (Å²) in [5, 5.41) is 5.94. The maximum atomic E-state index is 12.9. The summed E-state index contributed by atoms with van der Waals surface area (Å²) in [5.74, 6) is 0.422. The predicted octanol–water partition coefficient (Wildman–Crippen LogP) is 4.93. The van der Waals surface area contributed by atoms with Gasteiger partial charge < -0.3 is 16.4 Å². The van der Waals surface area contributed by atoms with Crippen LogP contribution >= 0.6 is 0 Å². The largest absolute Gasteiger partial charge is 0.397 e. The topological polar surface area (TPSA) is 84.2 Å². The van der Waals surface area contributed by atoms with E-state index in [1.807, 2.05) is 74.5 Å². The van der Waals surface area contributed by atoms with Crippen molar-refractivity contribution in [2.45, 2.75) is 33.6 Å². The van der Waals surface area contributed by atoms with Gasteiger partial charge in [-0.25, -0.2) is 0 Å². The van der Waals surface area contributed by atoms with Crippen LogP contribution in [0.2, 0.25) is 0 Å². The second kappa shape index (κ2) is 10.1. The van der Waals surface area contributed by atoms with Gasteiger partial charge in [0.2, 0.25) is 5.91 Å². The van der Waals surface area contributed by atoms with E-state index >= 15 is 0 Å². The van der Waals surface area contributed by atoms with Gasteiger partial charge in [0.05, 0.1) is 11.4 Å². The Morgan fingerprint density at radius 1 is 1.06 bits per heavy atom. The molecule has 4 N–H and O–H groups in total. The highest BCUT2D eigenvalue weighted by Crippen LogP contribution is 2.29. The Morgan fingerprint density at radius 3 is 2.48 bits per heavy atom. The quantitative estimate of drug-likeness (QED) is 0.559. The third-order valence-electron chi connectivity index (χ3n) is 5.44. The maximum Gasteiger partial charge on any atom is 0.251 e. The lowest BCUT2D eigenvalue weighted by Gasteiger charge is -2.22. The first kappa shape index (κ1) is 22.3. The number of amides is 2. The smallest absolute Gasteiger partial charge is 0.251 e. The van der Waals surface area contributed by atoms with Crippen LogP contribution in [0.1, 0.15) is 33.6 Å². The minimum absolute atomic E-state index is 0.0596. The van der Waals surface area contributed by atoms with Gasteiger partial charge in [0.1, 0.15) is 0 Å². The minimum Gasteiger partial charge on any atom is -0.397 e. The summed E-state index contributed by atoms with van der Waals surface area (Å²) in [4.78, 5) is 24.8. The van der Waals surface area contributed by atoms with E-state index in [0.29, 0.717) is 42.3 Å². The van der Waals surface area contributed by atoms with Crippen LogP contribution in [0.5, 0.6) is 0 Å². The third kappa shape index (κ3) is 6.07. The molecule has 0 fully saturated rings. The van der Waals surface area contributed by atoms with Crippen molar-refractivity contribution >= 4 is 23.2 Å². The van der Waals surface area contributed by atoms with Crippen molar-refractivity contribution in [2.75, 3.05) is 17.6 Å². The molecule has 162 valence electrons. The number of hydrogen-bond acceptors (Lipinski definition) is 3. The van der Waals surface area contributed by atoms with E-state index in [9.17, 15) is 9.59 Å². The number of carbonyl (C=O) groups is 2. The van der Waals surface area contributed by atoms with Crippen molar-refractivity contribution in [2.24, 2.45) is 11.8 Å². The molecule has 0 aromatic heterocycles. The molecule has 0 saturated heterocycles. The van der Waals surface area contributed by atoms with Gasteiger partial charge >= 0.3 is 0 Å². The van der Waals surface area contributed by atoms with Crippen molar-refractivity contribution in [3.63, 3.8) is 0 Å². The SMILES string of the molecule is CC(C)CC(=O)NCC1=CC=C(C(=O)Nc2cc(-c3ccccc3)ccc2N)C[C@H]1C. The second-order valence-corrected chi connectivity index (χ2v) is 8.54. The van der Waals surface area contributed by atoms with Gasteiger partial charge in [-0.15, -0.1) is 0 Å². The van der Waals surface area contributed by atoms with Crippen LogP contribution < -0.4 is 16.4 Å². The predicted molar refractivity (Wildman–Crippen MR) is 127 cm³/mol. The Bertz CT molecular complexity index is 1010. The number of nitrogens with two attached hydrogens (primary N) is 1. The fraction of sp³-hybridized carbons (Fsp3) is 0.308. The Morgan fingerprint density at radius 2 is 1.81 bits per heavy atom. The zero-order valence-electron chi connectivity index (χ0n) is 18.4. The number of anilines is 2. The van der Waals surface area contributed by atoms with Gasteiger partial charge in [0.25, 0.3) is 5.91 Å². The number of rotatable bonds is 7. The van der Waals surface area contributed by atoms with Crippen molar-refractivity contribution in [3.8, 4) is 11.1 Å². The highest BCUT2D eigenvalue weighted by molar-refractivity contribution is 6.06. The normalized spacial score (nSPS) is 15.8. The summed E-state index contributed by atoms with van der Waals surface area (Å²) < 4.78 is 0. The summed E-state index contributed by atoms with van der Waals surface area (Å²) in [6.45, 7) is 6.64. The molecule has 0 radical (unpaired) electrons. The van der Waals surface area contributed by atoms with Crippen molar-refractivity contribution < 1.29 is 9.59 Å². The molecule has 1 aliphatic carbocycles. The molecule has 0 spiro atoms. The van der Waals surface area contributed by atoms with Crippen LogP contribution in [-0.4, -0.2) is 18.4 Å². The Balaban J connectivity index is 1.68. The van der Waals surface area contributed by atoms with Gasteiger partial charge in [-0.1, -0.05) is 69.3 Å². The summed E-state index contributed by atoms with van der Waals surface area (Å²) in [6, 6.07) is 15.6. The monoisotopic (exact) mass is 417 g/mol. The van der Waals surface area contributed by atoms with Crippen LogP contribution in [0, 0.1) is 11.8 Å². The van der Waals surface area contributed by atoms with Crippen molar-refractivity contribution in [1.29, 1.82) is 0 Å². The van der Waals surface area contributed by atoms with Gasteiger partial charge in [-0.05, 0) is 47.1 Å². The first-order valence-corrected chi connectivity index (χ1v) is 10.8. The fourth-order valence-corrected chi connectivity index (χ4v) is 3.62. The standard InChI is InChI=1S/C26H31N3O2/c1-17(2)13-25(30)28-16-22-10-9-21(14-18(22)3)26(31)29-24-15-20(11-12-23(24)27)19-7-5-4-6-8-19/h4-12,15,17-18H,13-14,16,27H2,1-3H3,(H,28,30)(H,29,31)/t18-/m1/s1. The number of nitrogen functional groups attached to an aromatic ring is 1. The average molecular weight is 418 g/mol. The molecular weight excluding hydrogens is 386 g/mol. The van der Waals surface area contributed by atoms with E-state index < -0.39 is 0 Å². The van der Waals surface area contributed by atoms with Crippen molar-refractivity contribution in [1.82, 2.24) is 5.32 Å². The molecule has 2 aromatic rings. The number of carbonyl (C=O) groups excluding carboxylic acids is 2. The van der Waals surface area contributed by atoms with Crippen LogP contribution in [0.3, 0.4) is 0 Å². The molecule has 5 heteroatoms. The Hall–Kier alpha value is -3.34. The zero-order chi connectivity index (χ0) is 22.4. The summed E-state index contributed by atoms with van der Waals surface area (Å²) in [5.41, 5.74) is 11.1. The first-order valence-electron chi connectivity index (χ1n) is 10.8. The number of benzene rings is 2. The van der Waals surface area contributed by atoms with E-state index in [0.717, 1.165) is 16.7 Å². The number of hydrogen-bond donors (Lipinski definition) is 3. The lowest BCUT2D eigenvalue weighted by Crippen LogP contribution is -2.29. The van der Waals surface area contributed by atoms with E-state index in [1.165, 1.54) is 0 Å². The third-order valence-corrected chi connectivity index (χ3v) is 5.44. The molecule has 0 heterocycles. The molecule has 0 bridgehead atoms. The van der Waals surface area contributed by atoms with Gasteiger partial charge in [0.15, 0.2) is 0 Å². The number of nitrogens with one attached hydrogen (secondary N) is 2. The van der Waals surface area contributed by atoms with E-state index in [-0.39, 0.29) is 17.7 Å². The first-order chi connectivity index (χ1) is 14.8. The van der Waals surface area contributed by atoms with Crippen LogP contribution in [0.15, 0.2) is 71.8 Å². The Kier molecular flexibility index (Phi) is 7.29. The van der Waals surface area contributed by atoms with Gasteiger partial charge in [-0.3, -0.25) is 9.59 Å². The van der Waals surface area contributed by atoms with Crippen LogP contribution in [-0.2, 0) is 9.59 Å². The summed E-state index contributed by atoms with van der Waals surface area (Å²) in [6.07, 6.45) is 4.93. The molecule has 0 aliphatic heterocycles. The molecule has 2 amide bonds. The summed E-state index contributed by atoms with van der Waals surface area (Å²) in [7, 11) is 0. The zero-order valence-corrected chi connectivity index (χ0v) is 18.4. The van der Waals surface area contributed by atoms with Crippen LogP contribution in [0.4, 0.5) is 11.4 Å². The molecule has 31 heavy (non-hydrogen) atoms. The lowest BCUT2D eigenvalue weighted by molar-refractivity contribution is -0.121. The van der Waals surface area contributed by atoms with E-state index in [2.05, 4.69) is 17.6 Å². The van der Waals surface area contributed by atoms with Crippen molar-refractivity contribution in [3.05, 3.63) is 71.8 Å². The van der Waals surface area contributed by atoms with E-state index in [1.54, 1.807) is 0 Å². The molecule has 1 atom stereocenters. The Labute approximate surface area is 184 Å². The average Bonchev–Trinajstić information content (AvgIpc) is 2.74. The molecule has 0 unspecified atom stereocenters. The van der Waals surface area contributed by atoms with E-state index in [4.69, 9.17) is 5.73 Å². The minimum atomic E-state index is -0.150. The fourth-order valence-electron chi connectivity index (χ4n) is 3.62. The summed E-state index contributed by atoms with van der Waals surface area (Å²) >= 11 is 0. The molecule has 2 aromatic carbocycles. The lowest BCUT2D eigenvalue weighted by atomic mass is 9.88. The molecule has 1 aliphatic rings. The molecule has 3 rings (SSSR count). The van der Waals surface area contributed by atoms with Gasteiger partial charge in [-0.2, -0.15) is 0 Å². The molecule has 5 nitrogen and oxygen atoms in total. The van der Waals surface area contributed by atoms with Crippen LogP contribution in [0.25, 0.3) is 11.1 Å². The molecule has 0 saturated carbocycles. The maximum absolute atomic E-state index is 12.9. The molecular formula is C26H31N3O2. The highest BCUT2D eigenvalue weighted by atomic mass is 16.2. The highest BCUT2D eigenvalue weighted by Gasteiger charge is 2.21. The van der Waals surface area contributed by atoms with Gasteiger partial charge in [0, 0.05) is 18.5 Å². The number of allylic oxidation sites excluding steroid dienone is 2. The second-order valence-electron chi connectivity index (χ2n) is 8.54.